The summed E-state index contributed by atoms with van der Waals surface area (Å²) in [6.45, 7) is 9.54. The van der Waals surface area contributed by atoms with Crippen LogP contribution < -0.4 is 16.0 Å². The van der Waals surface area contributed by atoms with E-state index in [0.29, 0.717) is 31.1 Å². The Morgan fingerprint density at radius 2 is 2.23 bits per heavy atom. The van der Waals surface area contributed by atoms with Crippen molar-refractivity contribution < 1.29 is 4.79 Å². The number of amides is 1. The maximum atomic E-state index is 12.9. The largest absolute Gasteiger partial charge is 0.389 e. The Morgan fingerprint density at radius 1 is 1.42 bits per heavy atom. The molecule has 8 heteroatoms. The number of nitrogens with one attached hydrogen (secondary N) is 4. The monoisotopic (exact) mass is 419 g/mol. The number of fused-ring (bicyclic) bond motifs is 1. The van der Waals surface area contributed by atoms with Gasteiger partial charge in [-0.15, -0.1) is 0 Å². The van der Waals surface area contributed by atoms with E-state index in [-0.39, 0.29) is 23.7 Å². The van der Waals surface area contributed by atoms with Gasteiger partial charge >= 0.3 is 0 Å². The van der Waals surface area contributed by atoms with Gasteiger partial charge in [-0.2, -0.15) is 5.26 Å². The molecule has 2 aliphatic heterocycles. The van der Waals surface area contributed by atoms with E-state index in [0.717, 1.165) is 29.7 Å². The zero-order chi connectivity index (χ0) is 22.0. The molecule has 4 N–H and O–H groups in total. The number of nitriles is 1. The van der Waals surface area contributed by atoms with Crippen molar-refractivity contribution in [2.75, 3.05) is 13.1 Å². The van der Waals surface area contributed by atoms with Crippen LogP contribution in [0, 0.1) is 23.2 Å². The van der Waals surface area contributed by atoms with Crippen molar-refractivity contribution in [2.45, 2.75) is 44.7 Å². The SMILES string of the molecule is C=C1NCC[C@H]1C[C@@]1(C#N)CN=C([C@H](CC(C)C)NC(=O)c2nc3ccccc3[nH]2)N1. The number of allylic oxidation sites excluding steroid dienone is 1. The van der Waals surface area contributed by atoms with Gasteiger partial charge in [0.1, 0.15) is 11.4 Å². The van der Waals surface area contributed by atoms with Crippen LogP contribution in [0.25, 0.3) is 11.0 Å². The normalized spacial score (nSPS) is 23.9. The van der Waals surface area contributed by atoms with Crippen LogP contribution >= 0.6 is 0 Å². The Morgan fingerprint density at radius 3 is 2.90 bits per heavy atom. The Hall–Kier alpha value is -3.34. The molecular weight excluding hydrogens is 390 g/mol. The summed E-state index contributed by atoms with van der Waals surface area (Å²) < 4.78 is 0. The molecule has 4 rings (SSSR count). The van der Waals surface area contributed by atoms with Crippen molar-refractivity contribution in [3.63, 3.8) is 0 Å². The number of carbonyl (C=O) groups is 1. The number of hydrogen-bond donors (Lipinski definition) is 4. The van der Waals surface area contributed by atoms with Crippen LogP contribution in [0.15, 0.2) is 41.5 Å². The van der Waals surface area contributed by atoms with Crippen LogP contribution in [0.1, 0.15) is 43.7 Å². The lowest BCUT2D eigenvalue weighted by Gasteiger charge is -2.28. The number of aromatic nitrogens is 2. The summed E-state index contributed by atoms with van der Waals surface area (Å²) in [4.78, 5) is 25.1. The summed E-state index contributed by atoms with van der Waals surface area (Å²) >= 11 is 0. The predicted molar refractivity (Wildman–Crippen MR) is 120 cm³/mol. The Kier molecular flexibility index (Phi) is 5.68. The molecule has 31 heavy (non-hydrogen) atoms. The van der Waals surface area contributed by atoms with Gasteiger partial charge in [-0.05, 0) is 37.3 Å². The zero-order valence-electron chi connectivity index (χ0n) is 18.0. The second-order valence-electron chi connectivity index (χ2n) is 8.92. The number of aliphatic imine (C=N–C) groups is 1. The van der Waals surface area contributed by atoms with E-state index in [9.17, 15) is 10.1 Å². The fourth-order valence-corrected chi connectivity index (χ4v) is 4.33. The van der Waals surface area contributed by atoms with Crippen molar-refractivity contribution >= 4 is 22.8 Å². The van der Waals surface area contributed by atoms with E-state index in [1.165, 1.54) is 0 Å². The molecule has 0 aliphatic carbocycles. The minimum atomic E-state index is -0.770. The number of nitrogens with zero attached hydrogens (tertiary/aromatic N) is 3. The number of imidazole rings is 1. The molecule has 0 bridgehead atoms. The van der Waals surface area contributed by atoms with Crippen molar-refractivity contribution in [1.29, 1.82) is 5.26 Å². The third-order valence-electron chi connectivity index (χ3n) is 5.98. The maximum absolute atomic E-state index is 12.9. The van der Waals surface area contributed by atoms with Gasteiger partial charge in [0.2, 0.25) is 0 Å². The molecule has 3 atom stereocenters. The van der Waals surface area contributed by atoms with Crippen LogP contribution in [-0.4, -0.2) is 46.4 Å². The maximum Gasteiger partial charge on any atom is 0.287 e. The van der Waals surface area contributed by atoms with Crippen molar-refractivity contribution in [1.82, 2.24) is 25.9 Å². The highest BCUT2D eigenvalue weighted by atomic mass is 16.2. The average Bonchev–Trinajstić information content (AvgIpc) is 3.46. The Labute approximate surface area is 182 Å². The van der Waals surface area contributed by atoms with Crippen LogP contribution in [0.4, 0.5) is 0 Å². The average molecular weight is 420 g/mol. The highest BCUT2D eigenvalue weighted by Gasteiger charge is 2.41. The van der Waals surface area contributed by atoms with Gasteiger partial charge in [-0.25, -0.2) is 4.98 Å². The Balaban J connectivity index is 1.49. The third-order valence-corrected chi connectivity index (χ3v) is 5.98. The highest BCUT2D eigenvalue weighted by molar-refractivity contribution is 5.99. The quantitative estimate of drug-likeness (QED) is 0.550. The Bertz CT molecular complexity index is 1030. The van der Waals surface area contributed by atoms with Gasteiger partial charge in [0.15, 0.2) is 5.82 Å². The number of benzene rings is 1. The molecular formula is C23H29N7O. The van der Waals surface area contributed by atoms with E-state index >= 15 is 0 Å². The van der Waals surface area contributed by atoms with E-state index in [1.54, 1.807) is 0 Å². The molecule has 1 amide bonds. The molecule has 2 aromatic rings. The van der Waals surface area contributed by atoms with Crippen LogP contribution in [0.5, 0.6) is 0 Å². The lowest BCUT2D eigenvalue weighted by molar-refractivity contribution is 0.0934. The first kappa shape index (κ1) is 20.9. The molecule has 0 spiro atoms. The molecule has 0 saturated carbocycles. The predicted octanol–water partition coefficient (Wildman–Crippen LogP) is 2.48. The smallest absolute Gasteiger partial charge is 0.287 e. The fourth-order valence-electron chi connectivity index (χ4n) is 4.33. The van der Waals surface area contributed by atoms with Crippen LogP contribution in [0.2, 0.25) is 0 Å². The topological polar surface area (TPSA) is 118 Å². The molecule has 0 unspecified atom stereocenters. The molecule has 3 heterocycles. The second-order valence-corrected chi connectivity index (χ2v) is 8.92. The van der Waals surface area contributed by atoms with Crippen LogP contribution in [0.3, 0.4) is 0 Å². The van der Waals surface area contributed by atoms with Gasteiger partial charge in [0.25, 0.3) is 5.91 Å². The lowest BCUT2D eigenvalue weighted by Crippen LogP contribution is -2.53. The molecule has 1 saturated heterocycles. The summed E-state index contributed by atoms with van der Waals surface area (Å²) in [5, 5.41) is 19.6. The number of hydrogen-bond acceptors (Lipinski definition) is 6. The number of rotatable bonds is 7. The second kappa shape index (κ2) is 8.42. The zero-order valence-corrected chi connectivity index (χ0v) is 18.0. The van der Waals surface area contributed by atoms with Crippen molar-refractivity contribution in [2.24, 2.45) is 16.8 Å². The molecule has 1 fully saturated rings. The fraction of sp³-hybridized carbons (Fsp3) is 0.478. The van der Waals surface area contributed by atoms with Gasteiger partial charge in [-0.1, -0.05) is 32.6 Å². The minimum absolute atomic E-state index is 0.246. The molecule has 8 nitrogen and oxygen atoms in total. The van der Waals surface area contributed by atoms with Gasteiger partial charge in [0, 0.05) is 18.2 Å². The summed E-state index contributed by atoms with van der Waals surface area (Å²) in [5.74, 6) is 1.23. The lowest BCUT2D eigenvalue weighted by atomic mass is 9.87. The van der Waals surface area contributed by atoms with E-state index in [1.807, 2.05) is 24.3 Å². The summed E-state index contributed by atoms with van der Waals surface area (Å²) in [7, 11) is 0. The van der Waals surface area contributed by atoms with Gasteiger partial charge in [-0.3, -0.25) is 9.79 Å². The van der Waals surface area contributed by atoms with Crippen molar-refractivity contribution in [3.05, 3.63) is 42.4 Å². The molecule has 162 valence electrons. The summed E-state index contributed by atoms with van der Waals surface area (Å²) in [6.07, 6.45) is 2.32. The molecule has 1 aromatic carbocycles. The standard InChI is InChI=1S/C23H29N7O/c1-14(2)10-19(29-22(31)21-27-17-6-4-5-7-18(17)28-21)20-26-13-23(12-24,30-20)11-16-8-9-25-15(16)3/h4-7,14,16,19,25H,3,8-11,13H2,1-2H3,(H,26,30)(H,27,28)(H,29,31)/t16-,19-,23+/m0/s1. The first-order valence-corrected chi connectivity index (χ1v) is 10.8. The number of carbonyl (C=O) groups excluding carboxylic acids is 1. The molecule has 2 aliphatic rings. The summed E-state index contributed by atoms with van der Waals surface area (Å²) in [6, 6.07) is 9.66. The van der Waals surface area contributed by atoms with E-state index in [4.69, 9.17) is 0 Å². The minimum Gasteiger partial charge on any atom is -0.389 e. The summed E-state index contributed by atoms with van der Waals surface area (Å²) in [5.41, 5.74) is 1.78. The molecule has 1 aromatic heterocycles. The van der Waals surface area contributed by atoms with E-state index in [2.05, 4.69) is 57.4 Å². The van der Waals surface area contributed by atoms with E-state index < -0.39 is 5.54 Å². The first-order valence-electron chi connectivity index (χ1n) is 10.8. The number of para-hydroxylation sites is 2. The third kappa shape index (κ3) is 4.41. The van der Waals surface area contributed by atoms with Crippen molar-refractivity contribution in [3.8, 4) is 6.07 Å². The molecule has 0 radical (unpaired) electrons. The van der Waals surface area contributed by atoms with Gasteiger partial charge in [0.05, 0.1) is 29.7 Å². The first-order chi connectivity index (χ1) is 14.9. The van der Waals surface area contributed by atoms with Crippen LogP contribution in [-0.2, 0) is 0 Å². The number of H-pyrrole nitrogens is 1. The number of amidine groups is 1. The number of aromatic amines is 1. The van der Waals surface area contributed by atoms with Gasteiger partial charge < -0.3 is 20.9 Å². The highest BCUT2D eigenvalue weighted by Crippen LogP contribution is 2.30.